The Morgan fingerprint density at radius 1 is 1.75 bits per heavy atom. The molecule has 0 aromatic carbocycles. The summed E-state index contributed by atoms with van der Waals surface area (Å²) >= 11 is 0. The van der Waals surface area contributed by atoms with Gasteiger partial charge in [0.2, 0.25) is 0 Å². The lowest BCUT2D eigenvalue weighted by molar-refractivity contribution is 0.568. The molecule has 1 aliphatic rings. The summed E-state index contributed by atoms with van der Waals surface area (Å²) in [5.41, 5.74) is 1.22. The second-order valence-electron chi connectivity index (χ2n) is 3.35. The van der Waals surface area contributed by atoms with Crippen molar-refractivity contribution in [3.8, 4) is 0 Å². The van der Waals surface area contributed by atoms with Crippen LogP contribution < -0.4 is 5.32 Å². The Labute approximate surface area is 72.0 Å². The molecule has 0 spiro atoms. The van der Waals surface area contributed by atoms with Crippen LogP contribution in [-0.2, 0) is 13.5 Å². The monoisotopic (exact) mass is 166 g/mol. The first kappa shape index (κ1) is 7.73. The van der Waals surface area contributed by atoms with E-state index in [0.717, 1.165) is 13.0 Å². The van der Waals surface area contributed by atoms with Gasteiger partial charge in [0.1, 0.15) is 0 Å². The van der Waals surface area contributed by atoms with Crippen LogP contribution in [0.2, 0.25) is 0 Å². The summed E-state index contributed by atoms with van der Waals surface area (Å²) in [6, 6.07) is 0.641. The third-order valence-corrected chi connectivity index (χ3v) is 2.43. The molecule has 4 nitrogen and oxygen atoms in total. The van der Waals surface area contributed by atoms with Crippen LogP contribution in [0.1, 0.15) is 18.5 Å². The van der Waals surface area contributed by atoms with Gasteiger partial charge in [-0.05, 0) is 19.4 Å². The Balaban J connectivity index is 1.98. The largest absolute Gasteiger partial charge is 0.314 e. The molecule has 0 aliphatic carbocycles. The fourth-order valence-electron chi connectivity index (χ4n) is 1.68. The van der Waals surface area contributed by atoms with Gasteiger partial charge < -0.3 is 5.32 Å². The molecule has 0 saturated carbocycles. The minimum absolute atomic E-state index is 0.641. The number of rotatable bonds is 2. The Bertz CT molecular complexity index is 249. The van der Waals surface area contributed by atoms with Crippen LogP contribution in [0.4, 0.5) is 0 Å². The van der Waals surface area contributed by atoms with Crippen molar-refractivity contribution in [2.24, 2.45) is 7.05 Å². The highest BCUT2D eigenvalue weighted by Gasteiger charge is 2.15. The van der Waals surface area contributed by atoms with Crippen LogP contribution in [0.5, 0.6) is 0 Å². The maximum absolute atomic E-state index is 3.90. The predicted molar refractivity (Wildman–Crippen MR) is 45.7 cm³/mol. The average molecular weight is 166 g/mol. The summed E-state index contributed by atoms with van der Waals surface area (Å²) in [6.07, 6.45) is 5.49. The van der Waals surface area contributed by atoms with Gasteiger partial charge in [-0.3, -0.25) is 4.68 Å². The van der Waals surface area contributed by atoms with Gasteiger partial charge in [0, 0.05) is 19.5 Å². The van der Waals surface area contributed by atoms with Crippen LogP contribution in [0.3, 0.4) is 0 Å². The number of aromatic nitrogens is 3. The Morgan fingerprint density at radius 2 is 2.67 bits per heavy atom. The molecule has 1 saturated heterocycles. The molecule has 0 amide bonds. The Hall–Kier alpha value is -0.900. The Kier molecular flexibility index (Phi) is 2.08. The topological polar surface area (TPSA) is 42.7 Å². The van der Waals surface area contributed by atoms with Crippen molar-refractivity contribution < 1.29 is 0 Å². The molecule has 1 N–H and O–H groups in total. The summed E-state index contributed by atoms with van der Waals surface area (Å²) in [6.45, 7) is 1.16. The molecule has 2 rings (SSSR count). The lowest BCUT2D eigenvalue weighted by Crippen LogP contribution is -2.24. The maximum Gasteiger partial charge on any atom is 0.0725 e. The van der Waals surface area contributed by atoms with Crippen LogP contribution in [0, 0.1) is 0 Å². The van der Waals surface area contributed by atoms with Crippen LogP contribution in [0.15, 0.2) is 6.20 Å². The highest BCUT2D eigenvalue weighted by atomic mass is 15.4. The van der Waals surface area contributed by atoms with Crippen molar-refractivity contribution >= 4 is 0 Å². The van der Waals surface area contributed by atoms with Crippen molar-refractivity contribution in [1.82, 2.24) is 20.3 Å². The highest BCUT2D eigenvalue weighted by molar-refractivity contribution is 4.97. The molecule has 4 heteroatoms. The normalized spacial score (nSPS) is 23.2. The molecule has 1 fully saturated rings. The van der Waals surface area contributed by atoms with E-state index in [1.165, 1.54) is 18.5 Å². The first-order valence-electron chi connectivity index (χ1n) is 4.43. The van der Waals surface area contributed by atoms with E-state index in [1.807, 2.05) is 17.9 Å². The van der Waals surface area contributed by atoms with E-state index >= 15 is 0 Å². The molecule has 1 aliphatic heterocycles. The van der Waals surface area contributed by atoms with E-state index in [1.54, 1.807) is 0 Å². The number of hydrogen-bond acceptors (Lipinski definition) is 3. The zero-order valence-corrected chi connectivity index (χ0v) is 7.32. The maximum atomic E-state index is 3.90. The quantitative estimate of drug-likeness (QED) is 0.678. The summed E-state index contributed by atoms with van der Waals surface area (Å²) in [5, 5.41) is 11.2. The van der Waals surface area contributed by atoms with Crippen molar-refractivity contribution in [2.75, 3.05) is 6.54 Å². The lowest BCUT2D eigenvalue weighted by atomic mass is 10.1. The molecule has 0 radical (unpaired) electrons. The third kappa shape index (κ3) is 1.48. The number of nitrogens with zero attached hydrogens (tertiary/aromatic N) is 3. The molecule has 1 aromatic heterocycles. The van der Waals surface area contributed by atoms with Crippen molar-refractivity contribution in [1.29, 1.82) is 0 Å². The number of aryl methyl sites for hydroxylation is 1. The zero-order valence-electron chi connectivity index (χ0n) is 7.32. The number of hydrogen-bond donors (Lipinski definition) is 1. The highest BCUT2D eigenvalue weighted by Crippen LogP contribution is 2.10. The van der Waals surface area contributed by atoms with Crippen LogP contribution in [0.25, 0.3) is 0 Å². The van der Waals surface area contributed by atoms with E-state index in [4.69, 9.17) is 0 Å². The van der Waals surface area contributed by atoms with E-state index in [9.17, 15) is 0 Å². The molecule has 0 bridgehead atoms. The lowest BCUT2D eigenvalue weighted by Gasteiger charge is -2.08. The summed E-state index contributed by atoms with van der Waals surface area (Å²) in [7, 11) is 1.94. The van der Waals surface area contributed by atoms with E-state index in [-0.39, 0.29) is 0 Å². The second-order valence-corrected chi connectivity index (χ2v) is 3.35. The zero-order chi connectivity index (χ0) is 8.39. The van der Waals surface area contributed by atoms with Crippen molar-refractivity contribution in [2.45, 2.75) is 25.3 Å². The van der Waals surface area contributed by atoms with Gasteiger partial charge in [0.05, 0.1) is 11.9 Å². The van der Waals surface area contributed by atoms with Gasteiger partial charge in [0.15, 0.2) is 0 Å². The minimum atomic E-state index is 0.641. The van der Waals surface area contributed by atoms with Crippen molar-refractivity contribution in [3.63, 3.8) is 0 Å². The summed E-state index contributed by atoms with van der Waals surface area (Å²) in [5.74, 6) is 0. The smallest absolute Gasteiger partial charge is 0.0725 e. The van der Waals surface area contributed by atoms with Gasteiger partial charge in [0.25, 0.3) is 0 Å². The van der Waals surface area contributed by atoms with Gasteiger partial charge in [-0.2, -0.15) is 0 Å². The first-order chi connectivity index (χ1) is 5.86. The minimum Gasteiger partial charge on any atom is -0.314 e. The van der Waals surface area contributed by atoms with Gasteiger partial charge in [-0.15, -0.1) is 5.10 Å². The SMILES string of the molecule is Cn1nncc1CC1CCCN1. The third-order valence-electron chi connectivity index (χ3n) is 2.43. The Morgan fingerprint density at radius 3 is 3.25 bits per heavy atom. The number of nitrogens with one attached hydrogen (secondary N) is 1. The van der Waals surface area contributed by atoms with Gasteiger partial charge in [-0.25, -0.2) is 0 Å². The fraction of sp³-hybridized carbons (Fsp3) is 0.750. The molecule has 66 valence electrons. The average Bonchev–Trinajstić information content (AvgIpc) is 2.65. The molecule has 12 heavy (non-hydrogen) atoms. The molecule has 1 atom stereocenters. The molecule has 2 heterocycles. The molecule has 1 aromatic rings. The molecular weight excluding hydrogens is 152 g/mol. The first-order valence-corrected chi connectivity index (χ1v) is 4.43. The van der Waals surface area contributed by atoms with Gasteiger partial charge >= 0.3 is 0 Å². The predicted octanol–water partition coefficient (Wildman–Crippen LogP) is 0.110. The van der Waals surface area contributed by atoms with Crippen LogP contribution in [-0.4, -0.2) is 27.6 Å². The van der Waals surface area contributed by atoms with Crippen molar-refractivity contribution in [3.05, 3.63) is 11.9 Å². The van der Waals surface area contributed by atoms with E-state index in [2.05, 4.69) is 15.6 Å². The van der Waals surface area contributed by atoms with E-state index in [0.29, 0.717) is 6.04 Å². The summed E-state index contributed by atoms with van der Waals surface area (Å²) < 4.78 is 1.85. The fourth-order valence-corrected chi connectivity index (χ4v) is 1.68. The van der Waals surface area contributed by atoms with Gasteiger partial charge in [-0.1, -0.05) is 5.21 Å². The second kappa shape index (κ2) is 3.23. The standard InChI is InChI=1S/C8H14N4/c1-12-8(6-10-11-12)5-7-3-2-4-9-7/h6-7,9H,2-5H2,1H3. The summed E-state index contributed by atoms with van der Waals surface area (Å²) in [4.78, 5) is 0. The van der Waals surface area contributed by atoms with Crippen LogP contribution >= 0.6 is 0 Å². The molecule has 1 unspecified atom stereocenters. The van der Waals surface area contributed by atoms with E-state index < -0.39 is 0 Å². The molecular formula is C8H14N4.